The Hall–Kier alpha value is -1.10. The molecule has 19 heavy (non-hydrogen) atoms. The summed E-state index contributed by atoms with van der Waals surface area (Å²) >= 11 is 0. The SMILES string of the molecule is CC1CCCNC1c1nc(N2CCCCCC2)no1. The van der Waals surface area contributed by atoms with Gasteiger partial charge in [0, 0.05) is 13.1 Å². The van der Waals surface area contributed by atoms with Crippen LogP contribution in [0.1, 0.15) is 57.4 Å². The van der Waals surface area contributed by atoms with Crippen LogP contribution in [0.3, 0.4) is 0 Å². The average Bonchev–Trinajstić information content (AvgIpc) is 2.75. The van der Waals surface area contributed by atoms with E-state index in [0.717, 1.165) is 31.5 Å². The molecule has 0 saturated carbocycles. The van der Waals surface area contributed by atoms with Crippen LogP contribution in [-0.2, 0) is 0 Å². The second kappa shape index (κ2) is 5.90. The molecule has 2 saturated heterocycles. The Balaban J connectivity index is 1.71. The van der Waals surface area contributed by atoms with Crippen LogP contribution in [0, 0.1) is 5.92 Å². The van der Waals surface area contributed by atoms with E-state index >= 15 is 0 Å². The fraction of sp³-hybridized carbons (Fsp3) is 0.857. The summed E-state index contributed by atoms with van der Waals surface area (Å²) in [5.74, 6) is 2.13. The van der Waals surface area contributed by atoms with Crippen LogP contribution in [0.2, 0.25) is 0 Å². The standard InChI is InChI=1S/C14H24N4O/c1-11-7-6-8-15-12(11)13-16-14(17-19-13)18-9-4-2-3-5-10-18/h11-12,15H,2-10H2,1H3. The molecule has 2 fully saturated rings. The zero-order valence-corrected chi connectivity index (χ0v) is 11.8. The number of anilines is 1. The minimum absolute atomic E-state index is 0.238. The maximum Gasteiger partial charge on any atom is 0.266 e. The summed E-state index contributed by atoms with van der Waals surface area (Å²) in [6.07, 6.45) is 7.60. The number of hydrogen-bond acceptors (Lipinski definition) is 5. The van der Waals surface area contributed by atoms with Crippen molar-refractivity contribution in [3.63, 3.8) is 0 Å². The van der Waals surface area contributed by atoms with E-state index < -0.39 is 0 Å². The third-order valence-electron chi connectivity index (χ3n) is 4.36. The molecule has 1 aromatic rings. The predicted molar refractivity (Wildman–Crippen MR) is 74.1 cm³/mol. The smallest absolute Gasteiger partial charge is 0.266 e. The second-order valence-corrected chi connectivity index (χ2v) is 5.89. The average molecular weight is 264 g/mol. The molecule has 2 unspecified atom stereocenters. The van der Waals surface area contributed by atoms with E-state index in [1.807, 2.05) is 0 Å². The van der Waals surface area contributed by atoms with Crippen LogP contribution in [0.5, 0.6) is 0 Å². The molecule has 0 aliphatic carbocycles. The van der Waals surface area contributed by atoms with Crippen LogP contribution in [0.4, 0.5) is 5.95 Å². The molecule has 5 heteroatoms. The molecule has 0 amide bonds. The fourth-order valence-electron chi connectivity index (χ4n) is 3.13. The molecular weight excluding hydrogens is 240 g/mol. The van der Waals surface area contributed by atoms with Gasteiger partial charge in [-0.15, -0.1) is 0 Å². The molecular formula is C14H24N4O. The van der Waals surface area contributed by atoms with Crippen LogP contribution in [-0.4, -0.2) is 29.8 Å². The van der Waals surface area contributed by atoms with Crippen LogP contribution >= 0.6 is 0 Å². The minimum Gasteiger partial charge on any atom is -0.338 e. The molecule has 3 heterocycles. The zero-order valence-electron chi connectivity index (χ0n) is 11.8. The number of nitrogens with zero attached hydrogens (tertiary/aromatic N) is 3. The molecule has 0 bridgehead atoms. The molecule has 0 spiro atoms. The van der Waals surface area contributed by atoms with E-state index in [-0.39, 0.29) is 6.04 Å². The van der Waals surface area contributed by atoms with Crippen molar-refractivity contribution in [1.29, 1.82) is 0 Å². The third-order valence-corrected chi connectivity index (χ3v) is 4.36. The van der Waals surface area contributed by atoms with Crippen molar-refractivity contribution in [1.82, 2.24) is 15.5 Å². The highest BCUT2D eigenvalue weighted by Crippen LogP contribution is 2.29. The lowest BCUT2D eigenvalue weighted by molar-refractivity contribution is 0.239. The van der Waals surface area contributed by atoms with E-state index in [9.17, 15) is 0 Å². The summed E-state index contributed by atoms with van der Waals surface area (Å²) in [5.41, 5.74) is 0. The lowest BCUT2D eigenvalue weighted by Crippen LogP contribution is -2.33. The maximum atomic E-state index is 5.50. The maximum absolute atomic E-state index is 5.50. The molecule has 1 N–H and O–H groups in total. The summed E-state index contributed by atoms with van der Waals surface area (Å²) < 4.78 is 5.50. The predicted octanol–water partition coefficient (Wildman–Crippen LogP) is 2.51. The Bertz CT molecular complexity index is 398. The summed E-state index contributed by atoms with van der Waals surface area (Å²) in [6, 6.07) is 0.238. The molecule has 2 aliphatic heterocycles. The molecule has 106 valence electrons. The molecule has 3 rings (SSSR count). The first-order valence-corrected chi connectivity index (χ1v) is 7.66. The van der Waals surface area contributed by atoms with Crippen molar-refractivity contribution in [2.24, 2.45) is 5.92 Å². The molecule has 0 aromatic carbocycles. The van der Waals surface area contributed by atoms with E-state index in [4.69, 9.17) is 4.52 Å². The number of piperidine rings is 1. The van der Waals surface area contributed by atoms with Gasteiger partial charge in [0.25, 0.3) is 5.95 Å². The molecule has 1 aromatic heterocycles. The van der Waals surface area contributed by atoms with Crippen LogP contribution in [0.15, 0.2) is 4.52 Å². The Morgan fingerprint density at radius 2 is 1.95 bits per heavy atom. The second-order valence-electron chi connectivity index (χ2n) is 5.89. The van der Waals surface area contributed by atoms with E-state index in [0.29, 0.717) is 5.92 Å². The van der Waals surface area contributed by atoms with Crippen molar-refractivity contribution in [3.05, 3.63) is 5.89 Å². The minimum atomic E-state index is 0.238. The van der Waals surface area contributed by atoms with E-state index in [1.165, 1.54) is 38.5 Å². The third kappa shape index (κ3) is 2.91. The lowest BCUT2D eigenvalue weighted by atomic mass is 9.93. The monoisotopic (exact) mass is 264 g/mol. The van der Waals surface area contributed by atoms with Crippen molar-refractivity contribution in [2.45, 2.75) is 51.5 Å². The van der Waals surface area contributed by atoms with Gasteiger partial charge in [-0.2, -0.15) is 4.98 Å². The molecule has 5 nitrogen and oxygen atoms in total. The Morgan fingerprint density at radius 3 is 2.68 bits per heavy atom. The fourth-order valence-corrected chi connectivity index (χ4v) is 3.13. The highest BCUT2D eigenvalue weighted by atomic mass is 16.5. The van der Waals surface area contributed by atoms with Gasteiger partial charge in [0.05, 0.1) is 6.04 Å². The highest BCUT2D eigenvalue weighted by Gasteiger charge is 2.28. The molecule has 0 radical (unpaired) electrons. The summed E-state index contributed by atoms with van der Waals surface area (Å²) in [4.78, 5) is 6.91. The van der Waals surface area contributed by atoms with Gasteiger partial charge in [-0.25, -0.2) is 0 Å². The van der Waals surface area contributed by atoms with Gasteiger partial charge in [0.1, 0.15) is 0 Å². The Labute approximate surface area is 114 Å². The first kappa shape index (κ1) is 12.9. The highest BCUT2D eigenvalue weighted by molar-refractivity contribution is 5.28. The summed E-state index contributed by atoms with van der Waals surface area (Å²) in [5, 5.41) is 7.69. The number of rotatable bonds is 2. The van der Waals surface area contributed by atoms with Crippen molar-refractivity contribution in [3.8, 4) is 0 Å². The quantitative estimate of drug-likeness (QED) is 0.889. The summed E-state index contributed by atoms with van der Waals surface area (Å²) in [6.45, 7) is 5.43. The molecule has 2 atom stereocenters. The molecule has 2 aliphatic rings. The normalized spacial score (nSPS) is 29.2. The van der Waals surface area contributed by atoms with Crippen molar-refractivity contribution in [2.75, 3.05) is 24.5 Å². The zero-order chi connectivity index (χ0) is 13.1. The van der Waals surface area contributed by atoms with Gasteiger partial charge in [-0.1, -0.05) is 19.8 Å². The van der Waals surface area contributed by atoms with Gasteiger partial charge in [-0.3, -0.25) is 0 Å². The van der Waals surface area contributed by atoms with Gasteiger partial charge < -0.3 is 14.7 Å². The van der Waals surface area contributed by atoms with Gasteiger partial charge in [0.15, 0.2) is 0 Å². The number of hydrogen-bond donors (Lipinski definition) is 1. The first-order chi connectivity index (χ1) is 9.34. The van der Waals surface area contributed by atoms with Gasteiger partial charge >= 0.3 is 0 Å². The van der Waals surface area contributed by atoms with Crippen LogP contribution < -0.4 is 10.2 Å². The first-order valence-electron chi connectivity index (χ1n) is 7.66. The number of nitrogens with one attached hydrogen (secondary N) is 1. The number of aromatic nitrogens is 2. The topological polar surface area (TPSA) is 54.2 Å². The van der Waals surface area contributed by atoms with Crippen molar-refractivity contribution >= 4 is 5.95 Å². The van der Waals surface area contributed by atoms with Gasteiger partial charge in [-0.05, 0) is 43.3 Å². The Kier molecular flexibility index (Phi) is 4.01. The largest absolute Gasteiger partial charge is 0.338 e. The Morgan fingerprint density at radius 1 is 1.16 bits per heavy atom. The van der Waals surface area contributed by atoms with Gasteiger partial charge in [0.2, 0.25) is 5.89 Å². The lowest BCUT2D eigenvalue weighted by Gasteiger charge is -2.26. The van der Waals surface area contributed by atoms with Crippen molar-refractivity contribution < 1.29 is 4.52 Å². The van der Waals surface area contributed by atoms with E-state index in [1.54, 1.807) is 0 Å². The van der Waals surface area contributed by atoms with E-state index in [2.05, 4.69) is 27.3 Å². The summed E-state index contributed by atoms with van der Waals surface area (Å²) in [7, 11) is 0. The van der Waals surface area contributed by atoms with Crippen LogP contribution in [0.25, 0.3) is 0 Å².